The number of benzene rings is 1. The number of aryl methyl sites for hydroxylation is 1. The zero-order valence-electron chi connectivity index (χ0n) is 9.44. The van der Waals surface area contributed by atoms with E-state index in [1.165, 1.54) is 12.1 Å². The van der Waals surface area contributed by atoms with Crippen molar-refractivity contribution in [3.63, 3.8) is 0 Å². The van der Waals surface area contributed by atoms with E-state index >= 15 is 0 Å². The van der Waals surface area contributed by atoms with E-state index in [0.717, 1.165) is 17.0 Å². The Kier molecular flexibility index (Phi) is 5.12. The van der Waals surface area contributed by atoms with Gasteiger partial charge in [0.15, 0.2) is 0 Å². The standard InChI is InChI=1S/C12H13FN2O.ClH/c1-9-5-12(15-16-9)8-14-7-10-3-2-4-11(13)6-10;/h2-6,14H,7-8H2,1H3;1H. The van der Waals surface area contributed by atoms with E-state index in [0.29, 0.717) is 13.1 Å². The summed E-state index contributed by atoms with van der Waals surface area (Å²) in [5.74, 6) is 0.583. The molecular formula is C12H14ClFN2O. The summed E-state index contributed by atoms with van der Waals surface area (Å²) in [6.45, 7) is 3.08. The Morgan fingerprint density at radius 3 is 2.76 bits per heavy atom. The first-order valence-electron chi connectivity index (χ1n) is 5.11. The van der Waals surface area contributed by atoms with E-state index in [2.05, 4.69) is 10.5 Å². The Hall–Kier alpha value is -1.39. The number of aromatic nitrogens is 1. The second-order valence-electron chi connectivity index (χ2n) is 3.66. The van der Waals surface area contributed by atoms with Crippen LogP contribution in [0.3, 0.4) is 0 Å². The lowest BCUT2D eigenvalue weighted by molar-refractivity contribution is 0.388. The normalized spacial score (nSPS) is 10.0. The van der Waals surface area contributed by atoms with E-state index in [1.54, 1.807) is 6.07 Å². The maximum absolute atomic E-state index is 12.9. The molecule has 0 amide bonds. The van der Waals surface area contributed by atoms with Crippen molar-refractivity contribution in [3.8, 4) is 0 Å². The first kappa shape index (κ1) is 13.7. The molecule has 0 unspecified atom stereocenters. The van der Waals surface area contributed by atoms with Crippen LogP contribution in [0.25, 0.3) is 0 Å². The van der Waals surface area contributed by atoms with Crippen LogP contribution < -0.4 is 5.32 Å². The summed E-state index contributed by atoms with van der Waals surface area (Å²) in [7, 11) is 0. The van der Waals surface area contributed by atoms with Gasteiger partial charge in [-0.25, -0.2) is 4.39 Å². The van der Waals surface area contributed by atoms with Gasteiger partial charge in [-0.3, -0.25) is 0 Å². The van der Waals surface area contributed by atoms with E-state index in [4.69, 9.17) is 4.52 Å². The molecule has 1 heterocycles. The lowest BCUT2D eigenvalue weighted by atomic mass is 10.2. The second-order valence-corrected chi connectivity index (χ2v) is 3.66. The van der Waals surface area contributed by atoms with Gasteiger partial charge in [-0.1, -0.05) is 17.3 Å². The summed E-state index contributed by atoms with van der Waals surface area (Å²) >= 11 is 0. The van der Waals surface area contributed by atoms with Crippen molar-refractivity contribution in [2.24, 2.45) is 0 Å². The number of nitrogens with one attached hydrogen (secondary N) is 1. The molecule has 0 radical (unpaired) electrons. The predicted molar refractivity (Wildman–Crippen MR) is 65.4 cm³/mol. The molecule has 0 bridgehead atoms. The Labute approximate surface area is 105 Å². The highest BCUT2D eigenvalue weighted by Gasteiger charge is 2.00. The highest BCUT2D eigenvalue weighted by molar-refractivity contribution is 5.85. The molecule has 0 fully saturated rings. The van der Waals surface area contributed by atoms with Gasteiger partial charge in [-0.05, 0) is 24.6 Å². The molecule has 0 saturated heterocycles. The van der Waals surface area contributed by atoms with E-state index in [1.807, 2.05) is 19.1 Å². The number of halogens is 2. The van der Waals surface area contributed by atoms with Crippen molar-refractivity contribution in [1.82, 2.24) is 10.5 Å². The fraction of sp³-hybridized carbons (Fsp3) is 0.250. The van der Waals surface area contributed by atoms with Crippen molar-refractivity contribution in [2.75, 3.05) is 0 Å². The van der Waals surface area contributed by atoms with Crippen LogP contribution >= 0.6 is 12.4 Å². The molecule has 2 rings (SSSR count). The quantitative estimate of drug-likeness (QED) is 0.914. The SMILES string of the molecule is Cc1cc(CNCc2cccc(F)c2)no1.Cl. The molecule has 0 aliphatic heterocycles. The lowest BCUT2D eigenvalue weighted by Gasteiger charge is -2.02. The first-order chi connectivity index (χ1) is 7.74. The van der Waals surface area contributed by atoms with Gasteiger partial charge in [0.25, 0.3) is 0 Å². The van der Waals surface area contributed by atoms with Gasteiger partial charge in [0, 0.05) is 19.2 Å². The molecule has 1 aromatic heterocycles. The molecule has 0 atom stereocenters. The molecule has 0 aliphatic carbocycles. The maximum atomic E-state index is 12.9. The zero-order chi connectivity index (χ0) is 11.4. The summed E-state index contributed by atoms with van der Waals surface area (Å²) < 4.78 is 17.8. The van der Waals surface area contributed by atoms with E-state index in [-0.39, 0.29) is 18.2 Å². The highest BCUT2D eigenvalue weighted by atomic mass is 35.5. The third-order valence-corrected chi connectivity index (χ3v) is 2.20. The Bertz CT molecular complexity index is 473. The van der Waals surface area contributed by atoms with Crippen molar-refractivity contribution in [1.29, 1.82) is 0 Å². The van der Waals surface area contributed by atoms with E-state index < -0.39 is 0 Å². The Morgan fingerprint density at radius 2 is 2.12 bits per heavy atom. The Balaban J connectivity index is 0.00000144. The maximum Gasteiger partial charge on any atom is 0.133 e. The van der Waals surface area contributed by atoms with Gasteiger partial charge in [-0.2, -0.15) is 0 Å². The van der Waals surface area contributed by atoms with Crippen molar-refractivity contribution < 1.29 is 8.91 Å². The van der Waals surface area contributed by atoms with Crippen molar-refractivity contribution >= 4 is 12.4 Å². The van der Waals surface area contributed by atoms with Gasteiger partial charge in [-0.15, -0.1) is 12.4 Å². The van der Waals surface area contributed by atoms with Crippen LogP contribution in [0.1, 0.15) is 17.0 Å². The number of nitrogens with zero attached hydrogens (tertiary/aromatic N) is 1. The third-order valence-electron chi connectivity index (χ3n) is 2.20. The van der Waals surface area contributed by atoms with Crippen molar-refractivity contribution in [3.05, 3.63) is 53.2 Å². The third kappa shape index (κ3) is 4.17. The molecule has 0 spiro atoms. The fourth-order valence-corrected chi connectivity index (χ4v) is 1.48. The molecular weight excluding hydrogens is 243 g/mol. The molecule has 1 aromatic carbocycles. The van der Waals surface area contributed by atoms with Crippen LogP contribution in [-0.4, -0.2) is 5.16 Å². The van der Waals surface area contributed by atoms with Gasteiger partial charge in [0.2, 0.25) is 0 Å². The summed E-state index contributed by atoms with van der Waals surface area (Å²) in [6.07, 6.45) is 0. The molecule has 17 heavy (non-hydrogen) atoms. The number of rotatable bonds is 4. The minimum atomic E-state index is -0.211. The van der Waals surface area contributed by atoms with Gasteiger partial charge in [0.05, 0.1) is 5.69 Å². The van der Waals surface area contributed by atoms with E-state index in [9.17, 15) is 4.39 Å². The molecule has 3 nitrogen and oxygen atoms in total. The molecule has 0 saturated carbocycles. The molecule has 1 N–H and O–H groups in total. The molecule has 2 aromatic rings. The second kappa shape index (κ2) is 6.37. The van der Waals surface area contributed by atoms with Gasteiger partial charge < -0.3 is 9.84 Å². The predicted octanol–water partition coefficient (Wildman–Crippen LogP) is 2.83. The highest BCUT2D eigenvalue weighted by Crippen LogP contribution is 2.04. The summed E-state index contributed by atoms with van der Waals surface area (Å²) in [5.41, 5.74) is 1.77. The fourth-order valence-electron chi connectivity index (χ4n) is 1.48. The van der Waals surface area contributed by atoms with Crippen molar-refractivity contribution in [2.45, 2.75) is 20.0 Å². The van der Waals surface area contributed by atoms with Crippen LogP contribution in [0.15, 0.2) is 34.9 Å². The number of hydrogen-bond donors (Lipinski definition) is 1. The largest absolute Gasteiger partial charge is 0.361 e. The summed E-state index contributed by atoms with van der Waals surface area (Å²) in [4.78, 5) is 0. The van der Waals surface area contributed by atoms with Crippen LogP contribution in [-0.2, 0) is 13.1 Å². The van der Waals surface area contributed by atoms with Gasteiger partial charge in [0.1, 0.15) is 11.6 Å². The average molecular weight is 257 g/mol. The summed E-state index contributed by atoms with van der Waals surface area (Å²) in [5, 5.41) is 7.02. The monoisotopic (exact) mass is 256 g/mol. The topological polar surface area (TPSA) is 38.1 Å². The molecule has 5 heteroatoms. The van der Waals surface area contributed by atoms with Gasteiger partial charge >= 0.3 is 0 Å². The van der Waals surface area contributed by atoms with Crippen LogP contribution in [0.2, 0.25) is 0 Å². The number of hydrogen-bond acceptors (Lipinski definition) is 3. The molecule has 0 aliphatic rings. The van der Waals surface area contributed by atoms with Crippen LogP contribution in [0.5, 0.6) is 0 Å². The zero-order valence-corrected chi connectivity index (χ0v) is 10.3. The smallest absolute Gasteiger partial charge is 0.133 e. The first-order valence-corrected chi connectivity index (χ1v) is 5.11. The molecule has 92 valence electrons. The summed E-state index contributed by atoms with van der Waals surface area (Å²) in [6, 6.07) is 8.40. The van der Waals surface area contributed by atoms with Crippen LogP contribution in [0.4, 0.5) is 4.39 Å². The minimum Gasteiger partial charge on any atom is -0.361 e. The average Bonchev–Trinajstić information content (AvgIpc) is 2.64. The lowest BCUT2D eigenvalue weighted by Crippen LogP contribution is -2.12. The Morgan fingerprint density at radius 1 is 1.29 bits per heavy atom. The minimum absolute atomic E-state index is 0. The van der Waals surface area contributed by atoms with Crippen LogP contribution in [0, 0.1) is 12.7 Å².